The van der Waals surface area contributed by atoms with Crippen LogP contribution >= 0.6 is 9.24 Å². The molecule has 6 heteroatoms. The van der Waals surface area contributed by atoms with E-state index in [0.717, 1.165) is 27.8 Å². The molecule has 2 heterocycles. The van der Waals surface area contributed by atoms with Crippen molar-refractivity contribution in [3.05, 3.63) is 114 Å². The maximum Gasteiger partial charge on any atom is 0.213 e. The lowest BCUT2D eigenvalue weighted by Crippen LogP contribution is -2.30. The molecular formula is C28H25FN3OP. The summed E-state index contributed by atoms with van der Waals surface area (Å²) in [4.78, 5) is 3.72. The van der Waals surface area contributed by atoms with Crippen molar-refractivity contribution in [3.63, 3.8) is 0 Å². The summed E-state index contributed by atoms with van der Waals surface area (Å²) in [5.74, 6) is 0.199. The summed E-state index contributed by atoms with van der Waals surface area (Å²) in [5, 5.41) is 5.28. The Kier molecular flexibility index (Phi) is 5.89. The molecule has 0 fully saturated rings. The highest BCUT2D eigenvalue weighted by Crippen LogP contribution is 2.44. The van der Waals surface area contributed by atoms with Crippen molar-refractivity contribution in [1.29, 1.82) is 0 Å². The largest absolute Gasteiger partial charge is 0.491 e. The van der Waals surface area contributed by atoms with Gasteiger partial charge in [0.05, 0.1) is 11.6 Å². The van der Waals surface area contributed by atoms with Crippen LogP contribution in [0, 0.1) is 5.95 Å². The normalized spacial score (nSPS) is 11.8. The van der Waals surface area contributed by atoms with Crippen molar-refractivity contribution in [1.82, 2.24) is 14.8 Å². The fourth-order valence-corrected chi connectivity index (χ4v) is 4.85. The van der Waals surface area contributed by atoms with Gasteiger partial charge in [-0.05, 0) is 49.2 Å². The number of rotatable bonds is 6. The summed E-state index contributed by atoms with van der Waals surface area (Å²) in [5.41, 5.74) is 4.36. The van der Waals surface area contributed by atoms with Crippen LogP contribution in [-0.2, 0) is 5.28 Å². The molecule has 170 valence electrons. The van der Waals surface area contributed by atoms with Crippen LogP contribution in [0.25, 0.3) is 22.2 Å². The third kappa shape index (κ3) is 3.97. The highest BCUT2D eigenvalue weighted by atomic mass is 31.0. The van der Waals surface area contributed by atoms with Gasteiger partial charge in [-0.1, -0.05) is 69.9 Å². The standard InChI is InChI=1S/C28H25FN3OP/c1-19(2)33-23-13-14-25-24(18-23)27(20-15-16-30-26(29)17-20)31-32(25)28(34,21-9-5-3-6-10-21)22-11-7-4-8-12-22/h3-19H,34H2,1-2H3. The van der Waals surface area contributed by atoms with Gasteiger partial charge in [0.1, 0.15) is 16.7 Å². The Morgan fingerprint density at radius 1 is 0.882 bits per heavy atom. The Bertz CT molecular complexity index is 1400. The third-order valence-electron chi connectivity index (χ3n) is 5.78. The Labute approximate surface area is 200 Å². The number of fused-ring (bicyclic) bond motifs is 1. The summed E-state index contributed by atoms with van der Waals surface area (Å²) in [6.45, 7) is 3.98. The van der Waals surface area contributed by atoms with Crippen molar-refractivity contribution in [2.24, 2.45) is 0 Å². The quantitative estimate of drug-likeness (QED) is 0.207. The molecule has 0 radical (unpaired) electrons. The monoisotopic (exact) mass is 469 g/mol. The van der Waals surface area contributed by atoms with E-state index in [4.69, 9.17) is 9.84 Å². The zero-order valence-corrected chi connectivity index (χ0v) is 20.2. The molecule has 0 aliphatic carbocycles. The number of hydrogen-bond donors (Lipinski definition) is 0. The molecule has 0 aliphatic heterocycles. The molecule has 0 saturated carbocycles. The van der Waals surface area contributed by atoms with Gasteiger partial charge in [-0.3, -0.25) is 0 Å². The molecule has 1 unspecified atom stereocenters. The van der Waals surface area contributed by atoms with Crippen LogP contribution in [0.3, 0.4) is 0 Å². The van der Waals surface area contributed by atoms with Crippen LogP contribution in [0.4, 0.5) is 4.39 Å². The zero-order chi connectivity index (χ0) is 23.7. The number of halogens is 1. The van der Waals surface area contributed by atoms with Gasteiger partial charge in [0.25, 0.3) is 0 Å². The van der Waals surface area contributed by atoms with Gasteiger partial charge in [-0.2, -0.15) is 9.49 Å². The summed E-state index contributed by atoms with van der Waals surface area (Å²) >= 11 is 0. The maximum atomic E-state index is 14.1. The molecule has 1 atom stereocenters. The molecule has 0 bridgehead atoms. The second-order valence-corrected chi connectivity index (χ2v) is 9.31. The van der Waals surface area contributed by atoms with Crippen molar-refractivity contribution < 1.29 is 9.13 Å². The molecule has 0 N–H and O–H groups in total. The minimum atomic E-state index is -0.689. The molecule has 0 saturated heterocycles. The van der Waals surface area contributed by atoms with Gasteiger partial charge in [-0.25, -0.2) is 9.67 Å². The first-order valence-electron chi connectivity index (χ1n) is 11.2. The van der Waals surface area contributed by atoms with E-state index in [-0.39, 0.29) is 6.10 Å². The number of nitrogens with zero attached hydrogens (tertiary/aromatic N) is 3. The van der Waals surface area contributed by atoms with Crippen molar-refractivity contribution in [3.8, 4) is 17.0 Å². The SMILES string of the molecule is CC(C)Oc1ccc2c(c1)c(-c1ccnc(F)c1)nn2C(P)(c1ccccc1)c1ccccc1. The number of aromatic nitrogens is 3. The van der Waals surface area contributed by atoms with E-state index in [0.29, 0.717) is 11.3 Å². The van der Waals surface area contributed by atoms with Crippen LogP contribution < -0.4 is 4.74 Å². The number of hydrogen-bond acceptors (Lipinski definition) is 3. The summed E-state index contributed by atoms with van der Waals surface area (Å²) in [6.07, 6.45) is 1.50. The summed E-state index contributed by atoms with van der Waals surface area (Å²) in [7, 11) is 3.01. The van der Waals surface area contributed by atoms with Gasteiger partial charge in [0.15, 0.2) is 0 Å². The van der Waals surface area contributed by atoms with Crippen molar-refractivity contribution in [2.45, 2.75) is 25.2 Å². The van der Waals surface area contributed by atoms with Crippen LogP contribution in [0.5, 0.6) is 5.75 Å². The predicted octanol–water partition coefficient (Wildman–Crippen LogP) is 6.65. The minimum Gasteiger partial charge on any atom is -0.491 e. The van der Waals surface area contributed by atoms with E-state index in [9.17, 15) is 4.39 Å². The Hall–Kier alpha value is -3.56. The smallest absolute Gasteiger partial charge is 0.213 e. The second kappa shape index (κ2) is 9.00. The average molecular weight is 470 g/mol. The highest BCUT2D eigenvalue weighted by molar-refractivity contribution is 7.19. The Morgan fingerprint density at radius 3 is 2.12 bits per heavy atom. The highest BCUT2D eigenvalue weighted by Gasteiger charge is 2.34. The van der Waals surface area contributed by atoms with Gasteiger partial charge in [0.2, 0.25) is 5.95 Å². The fourth-order valence-electron chi connectivity index (χ4n) is 4.27. The number of pyridine rings is 1. The molecule has 3 aromatic carbocycles. The summed E-state index contributed by atoms with van der Waals surface area (Å²) in [6, 6.07) is 29.6. The average Bonchev–Trinajstić information content (AvgIpc) is 3.23. The Balaban J connectivity index is 1.83. The van der Waals surface area contributed by atoms with E-state index in [1.165, 1.54) is 12.3 Å². The first-order chi connectivity index (χ1) is 16.5. The van der Waals surface area contributed by atoms with E-state index >= 15 is 0 Å². The molecule has 0 aliphatic rings. The molecule has 2 aromatic heterocycles. The minimum absolute atomic E-state index is 0.0313. The molecule has 0 amide bonds. The van der Waals surface area contributed by atoms with Crippen LogP contribution in [-0.4, -0.2) is 20.9 Å². The molecule has 0 spiro atoms. The molecule has 4 nitrogen and oxygen atoms in total. The lowest BCUT2D eigenvalue weighted by Gasteiger charge is -2.32. The molecule has 34 heavy (non-hydrogen) atoms. The first-order valence-corrected chi connectivity index (χ1v) is 11.8. The second-order valence-electron chi connectivity index (χ2n) is 8.47. The van der Waals surface area contributed by atoms with Crippen LogP contribution in [0.1, 0.15) is 25.0 Å². The Morgan fingerprint density at radius 2 is 1.53 bits per heavy atom. The van der Waals surface area contributed by atoms with Crippen molar-refractivity contribution >= 4 is 20.1 Å². The van der Waals surface area contributed by atoms with Gasteiger partial charge < -0.3 is 4.74 Å². The van der Waals surface area contributed by atoms with Crippen molar-refractivity contribution in [2.75, 3.05) is 0 Å². The fraction of sp³-hybridized carbons (Fsp3) is 0.143. The lowest BCUT2D eigenvalue weighted by atomic mass is 9.97. The molecule has 5 aromatic rings. The maximum absolute atomic E-state index is 14.1. The van der Waals surface area contributed by atoms with Gasteiger partial charge in [0, 0.05) is 23.2 Å². The predicted molar refractivity (Wildman–Crippen MR) is 137 cm³/mol. The van der Waals surface area contributed by atoms with Gasteiger partial charge >= 0.3 is 0 Å². The van der Waals surface area contributed by atoms with E-state index in [1.54, 1.807) is 6.07 Å². The number of benzene rings is 3. The summed E-state index contributed by atoms with van der Waals surface area (Å²) < 4.78 is 22.1. The van der Waals surface area contributed by atoms with Crippen LogP contribution in [0.15, 0.2) is 97.2 Å². The first kappa shape index (κ1) is 22.2. The van der Waals surface area contributed by atoms with E-state index < -0.39 is 11.2 Å². The molecular weight excluding hydrogens is 444 g/mol. The number of ether oxygens (including phenoxy) is 1. The molecule has 5 rings (SSSR count). The third-order valence-corrected chi connectivity index (χ3v) is 6.70. The zero-order valence-electron chi connectivity index (χ0n) is 19.0. The topological polar surface area (TPSA) is 39.9 Å². The van der Waals surface area contributed by atoms with E-state index in [2.05, 4.69) is 38.5 Å². The van der Waals surface area contributed by atoms with Gasteiger partial charge in [-0.15, -0.1) is 0 Å². The van der Waals surface area contributed by atoms with Crippen LogP contribution in [0.2, 0.25) is 0 Å². The van der Waals surface area contributed by atoms with E-state index in [1.807, 2.05) is 73.1 Å². The lowest BCUT2D eigenvalue weighted by molar-refractivity contribution is 0.243.